The molecule has 2 aromatic carbocycles. The lowest BCUT2D eigenvalue weighted by molar-refractivity contribution is -0.385. The molecular weight excluding hydrogens is 306 g/mol. The molecule has 0 atom stereocenters. The van der Waals surface area contributed by atoms with Crippen molar-refractivity contribution in [1.82, 2.24) is 0 Å². The molecule has 0 amide bonds. The highest BCUT2D eigenvalue weighted by atomic mass is 32.2. The maximum absolute atomic E-state index is 11.5. The van der Waals surface area contributed by atoms with Crippen molar-refractivity contribution >= 4 is 15.5 Å². The molecule has 0 spiro atoms. The summed E-state index contributed by atoms with van der Waals surface area (Å²) >= 11 is 0. The number of ether oxygens (including phenoxy) is 1. The van der Waals surface area contributed by atoms with E-state index in [0.29, 0.717) is 12.2 Å². The standard InChI is InChI=1S/C15H15NO5S/c1-3-11-6-4-5-7-14(11)21-15-9-8-12(22(2,19)20)10-13(15)16(17)18/h4-10H,3H2,1-2H3. The van der Waals surface area contributed by atoms with Crippen LogP contribution in [0.15, 0.2) is 47.4 Å². The number of benzene rings is 2. The molecule has 2 aromatic rings. The van der Waals surface area contributed by atoms with Gasteiger partial charge in [0.1, 0.15) is 5.75 Å². The minimum absolute atomic E-state index is 0.0123. The summed E-state index contributed by atoms with van der Waals surface area (Å²) in [5.41, 5.74) is 0.526. The lowest BCUT2D eigenvalue weighted by Crippen LogP contribution is -2.00. The van der Waals surface area contributed by atoms with Crippen LogP contribution in [0.1, 0.15) is 12.5 Å². The van der Waals surface area contributed by atoms with Crippen LogP contribution in [0.5, 0.6) is 11.5 Å². The molecule has 0 heterocycles. The van der Waals surface area contributed by atoms with Crippen molar-refractivity contribution < 1.29 is 18.1 Å². The molecule has 0 fully saturated rings. The maximum atomic E-state index is 11.5. The van der Waals surface area contributed by atoms with E-state index in [0.717, 1.165) is 17.9 Å². The van der Waals surface area contributed by atoms with E-state index in [4.69, 9.17) is 4.74 Å². The van der Waals surface area contributed by atoms with Crippen molar-refractivity contribution in [2.45, 2.75) is 18.2 Å². The van der Waals surface area contributed by atoms with Crippen molar-refractivity contribution in [3.8, 4) is 11.5 Å². The zero-order valence-electron chi connectivity index (χ0n) is 12.1. The second kappa shape index (κ2) is 6.15. The first kappa shape index (κ1) is 16.0. The molecule has 6 nitrogen and oxygen atoms in total. The summed E-state index contributed by atoms with van der Waals surface area (Å²) in [6.07, 6.45) is 1.71. The van der Waals surface area contributed by atoms with Crippen LogP contribution in [0.4, 0.5) is 5.69 Å². The molecule has 22 heavy (non-hydrogen) atoms. The van der Waals surface area contributed by atoms with Crippen LogP contribution in [0.25, 0.3) is 0 Å². The molecule has 0 aliphatic heterocycles. The first-order valence-electron chi connectivity index (χ1n) is 6.57. The van der Waals surface area contributed by atoms with E-state index in [1.807, 2.05) is 19.1 Å². The molecule has 0 radical (unpaired) electrons. The summed E-state index contributed by atoms with van der Waals surface area (Å²) in [6, 6.07) is 10.8. The van der Waals surface area contributed by atoms with Gasteiger partial charge in [0.2, 0.25) is 5.75 Å². The first-order valence-corrected chi connectivity index (χ1v) is 8.46. The van der Waals surface area contributed by atoms with Gasteiger partial charge in [0.05, 0.1) is 9.82 Å². The summed E-state index contributed by atoms with van der Waals surface area (Å²) in [7, 11) is -3.52. The largest absolute Gasteiger partial charge is 0.450 e. The number of nitro benzene ring substituents is 1. The van der Waals surface area contributed by atoms with Gasteiger partial charge in [-0.1, -0.05) is 25.1 Å². The van der Waals surface area contributed by atoms with Gasteiger partial charge in [-0.15, -0.1) is 0 Å². The predicted molar refractivity (Wildman–Crippen MR) is 82.1 cm³/mol. The monoisotopic (exact) mass is 321 g/mol. The SMILES string of the molecule is CCc1ccccc1Oc1ccc(S(C)(=O)=O)cc1[N+](=O)[O-]. The topological polar surface area (TPSA) is 86.5 Å². The highest BCUT2D eigenvalue weighted by Crippen LogP contribution is 2.34. The molecule has 0 aliphatic rings. The van der Waals surface area contributed by atoms with Crippen LogP contribution in [0, 0.1) is 10.1 Å². The number of nitrogens with zero attached hydrogens (tertiary/aromatic N) is 1. The number of nitro groups is 1. The van der Waals surface area contributed by atoms with E-state index in [1.165, 1.54) is 12.1 Å². The summed E-state index contributed by atoms with van der Waals surface area (Å²) in [5, 5.41) is 11.2. The molecule has 2 rings (SSSR count). The maximum Gasteiger partial charge on any atom is 0.312 e. The highest BCUT2D eigenvalue weighted by molar-refractivity contribution is 7.90. The van der Waals surface area contributed by atoms with Crippen molar-refractivity contribution in [2.24, 2.45) is 0 Å². The Bertz CT molecular complexity index is 814. The summed E-state index contributed by atoms with van der Waals surface area (Å²) in [5.74, 6) is 0.526. The van der Waals surface area contributed by atoms with Crippen molar-refractivity contribution in [1.29, 1.82) is 0 Å². The van der Waals surface area contributed by atoms with Gasteiger partial charge in [0.25, 0.3) is 0 Å². The third-order valence-electron chi connectivity index (χ3n) is 3.13. The quantitative estimate of drug-likeness (QED) is 0.622. The molecule has 0 bridgehead atoms. The van der Waals surface area contributed by atoms with Gasteiger partial charge in [0, 0.05) is 12.3 Å². The minimum atomic E-state index is -3.52. The Labute approximate surface area is 128 Å². The Morgan fingerprint density at radius 3 is 2.41 bits per heavy atom. The molecule has 0 N–H and O–H groups in total. The number of para-hydroxylation sites is 1. The van der Waals surface area contributed by atoms with E-state index in [1.54, 1.807) is 12.1 Å². The van der Waals surface area contributed by atoms with Crippen molar-refractivity contribution in [3.05, 3.63) is 58.1 Å². The molecule has 0 saturated carbocycles. The van der Waals surface area contributed by atoms with Crippen LogP contribution >= 0.6 is 0 Å². The lowest BCUT2D eigenvalue weighted by Gasteiger charge is -2.10. The smallest absolute Gasteiger partial charge is 0.312 e. The van der Waals surface area contributed by atoms with Gasteiger partial charge >= 0.3 is 5.69 Å². The normalized spacial score (nSPS) is 11.2. The van der Waals surface area contributed by atoms with Crippen molar-refractivity contribution in [3.63, 3.8) is 0 Å². The zero-order chi connectivity index (χ0) is 16.3. The second-order valence-electron chi connectivity index (χ2n) is 4.72. The number of hydrogen-bond donors (Lipinski definition) is 0. The summed E-state index contributed by atoms with van der Waals surface area (Å²) < 4.78 is 28.7. The molecule has 0 aromatic heterocycles. The van der Waals surface area contributed by atoms with Crippen molar-refractivity contribution in [2.75, 3.05) is 6.26 Å². The third kappa shape index (κ3) is 3.43. The number of rotatable bonds is 5. The first-order chi connectivity index (χ1) is 10.3. The Kier molecular flexibility index (Phi) is 4.46. The molecular formula is C15H15NO5S. The fraction of sp³-hybridized carbons (Fsp3) is 0.200. The Morgan fingerprint density at radius 1 is 1.14 bits per heavy atom. The lowest BCUT2D eigenvalue weighted by atomic mass is 10.1. The second-order valence-corrected chi connectivity index (χ2v) is 6.74. The molecule has 0 aliphatic carbocycles. The predicted octanol–water partition coefficient (Wildman–Crippen LogP) is 3.35. The van der Waals surface area contributed by atoms with E-state index in [9.17, 15) is 18.5 Å². The Balaban J connectivity index is 2.49. The van der Waals surface area contributed by atoms with E-state index < -0.39 is 14.8 Å². The third-order valence-corrected chi connectivity index (χ3v) is 4.24. The highest BCUT2D eigenvalue weighted by Gasteiger charge is 2.20. The van der Waals surface area contributed by atoms with Crippen LogP contribution in [0.3, 0.4) is 0 Å². The van der Waals surface area contributed by atoms with Gasteiger partial charge in [-0.2, -0.15) is 0 Å². The molecule has 116 valence electrons. The summed E-state index contributed by atoms with van der Waals surface area (Å²) in [4.78, 5) is 10.4. The molecule has 7 heteroatoms. The fourth-order valence-electron chi connectivity index (χ4n) is 1.97. The van der Waals surface area contributed by atoms with Gasteiger partial charge in [0.15, 0.2) is 9.84 Å². The molecule has 0 saturated heterocycles. The van der Waals surface area contributed by atoms with Gasteiger partial charge in [-0.3, -0.25) is 10.1 Å². The molecule has 0 unspecified atom stereocenters. The average molecular weight is 321 g/mol. The van der Waals surface area contributed by atoms with Crippen LogP contribution in [-0.4, -0.2) is 19.6 Å². The number of sulfone groups is 1. The van der Waals surface area contributed by atoms with Crippen LogP contribution in [0.2, 0.25) is 0 Å². The summed E-state index contributed by atoms with van der Waals surface area (Å²) in [6.45, 7) is 1.95. The van der Waals surface area contributed by atoms with E-state index >= 15 is 0 Å². The van der Waals surface area contributed by atoms with Gasteiger partial charge < -0.3 is 4.74 Å². The van der Waals surface area contributed by atoms with E-state index in [2.05, 4.69) is 0 Å². The number of aryl methyl sites for hydroxylation is 1. The fourth-order valence-corrected chi connectivity index (χ4v) is 2.61. The Morgan fingerprint density at radius 2 is 1.82 bits per heavy atom. The average Bonchev–Trinajstić information content (AvgIpc) is 2.46. The van der Waals surface area contributed by atoms with Crippen LogP contribution < -0.4 is 4.74 Å². The zero-order valence-corrected chi connectivity index (χ0v) is 13.0. The minimum Gasteiger partial charge on any atom is -0.450 e. The van der Waals surface area contributed by atoms with Gasteiger partial charge in [-0.25, -0.2) is 8.42 Å². The number of hydrogen-bond acceptors (Lipinski definition) is 5. The van der Waals surface area contributed by atoms with Crippen LogP contribution in [-0.2, 0) is 16.3 Å². The van der Waals surface area contributed by atoms with Gasteiger partial charge in [-0.05, 0) is 30.2 Å². The van der Waals surface area contributed by atoms with E-state index in [-0.39, 0.29) is 16.3 Å². The Hall–Kier alpha value is -2.41.